The van der Waals surface area contributed by atoms with Gasteiger partial charge in [-0.2, -0.15) is 13.2 Å². The zero-order chi connectivity index (χ0) is 18.5. The first kappa shape index (κ1) is 19.8. The van der Waals surface area contributed by atoms with E-state index in [0.717, 1.165) is 6.07 Å². The van der Waals surface area contributed by atoms with Crippen LogP contribution in [-0.4, -0.2) is 41.6 Å². The minimum atomic E-state index is -4.45. The van der Waals surface area contributed by atoms with Gasteiger partial charge >= 0.3 is 18.2 Å². The number of carboxylic acid groups (broad SMARTS) is 1. The van der Waals surface area contributed by atoms with E-state index in [-0.39, 0.29) is 18.5 Å². The van der Waals surface area contributed by atoms with Gasteiger partial charge in [-0.05, 0) is 25.0 Å². The number of hydrogen-bond acceptors (Lipinski definition) is 2. The molecule has 0 saturated heterocycles. The summed E-state index contributed by atoms with van der Waals surface area (Å²) in [7, 11) is 1.44. The molecule has 0 aliphatic carbocycles. The highest BCUT2D eigenvalue weighted by Crippen LogP contribution is 2.32. The first-order valence-electron chi connectivity index (χ1n) is 7.42. The fourth-order valence-corrected chi connectivity index (χ4v) is 2.25. The number of benzene rings is 1. The maximum Gasteiger partial charge on any atom is 0.416 e. The number of rotatable bonds is 6. The van der Waals surface area contributed by atoms with Crippen molar-refractivity contribution in [2.24, 2.45) is 5.92 Å². The van der Waals surface area contributed by atoms with Gasteiger partial charge in [-0.15, -0.1) is 0 Å². The molecule has 0 bridgehead atoms. The molecule has 2 N–H and O–H groups in total. The summed E-state index contributed by atoms with van der Waals surface area (Å²) in [5.41, 5.74) is -0.627. The number of halogens is 3. The Balaban J connectivity index is 2.68. The first-order chi connectivity index (χ1) is 11.0. The second kappa shape index (κ2) is 8.03. The average Bonchev–Trinajstić information content (AvgIpc) is 2.46. The number of carbonyl (C=O) groups excluding carboxylic acids is 1. The molecule has 0 aromatic heterocycles. The van der Waals surface area contributed by atoms with E-state index >= 15 is 0 Å². The van der Waals surface area contributed by atoms with Crippen molar-refractivity contribution < 1.29 is 27.9 Å². The molecular formula is C16H21F3N2O3. The van der Waals surface area contributed by atoms with E-state index in [2.05, 4.69) is 5.32 Å². The molecule has 2 amide bonds. The van der Waals surface area contributed by atoms with Gasteiger partial charge < -0.3 is 15.3 Å². The number of hydrogen-bond donors (Lipinski definition) is 2. The van der Waals surface area contributed by atoms with Gasteiger partial charge in [0.25, 0.3) is 0 Å². The van der Waals surface area contributed by atoms with E-state index in [0.29, 0.717) is 0 Å². The molecule has 2 atom stereocenters. The van der Waals surface area contributed by atoms with Crippen molar-refractivity contribution in [2.75, 3.05) is 13.6 Å². The van der Waals surface area contributed by atoms with Crippen LogP contribution >= 0.6 is 0 Å². The summed E-state index contributed by atoms with van der Waals surface area (Å²) in [4.78, 5) is 24.0. The van der Waals surface area contributed by atoms with Crippen molar-refractivity contribution in [1.29, 1.82) is 0 Å². The van der Waals surface area contributed by atoms with Crippen molar-refractivity contribution in [3.63, 3.8) is 0 Å². The van der Waals surface area contributed by atoms with E-state index in [1.165, 1.54) is 37.1 Å². The molecule has 5 nitrogen and oxygen atoms in total. The molecule has 0 radical (unpaired) electrons. The van der Waals surface area contributed by atoms with Crippen LogP contribution in [0.2, 0.25) is 0 Å². The predicted molar refractivity (Wildman–Crippen MR) is 82.6 cm³/mol. The van der Waals surface area contributed by atoms with Gasteiger partial charge in [0.1, 0.15) is 0 Å². The standard InChI is InChI=1S/C16H21F3N2O3/c1-10(14(22)23)9-21(3)15(24)20-11(2)8-12-6-4-5-7-13(12)16(17,18)19/h4-7,10-11H,8-9H2,1-3H3,(H,20,24)(H,22,23). The molecule has 1 aromatic rings. The lowest BCUT2D eigenvalue weighted by Gasteiger charge is -2.23. The summed E-state index contributed by atoms with van der Waals surface area (Å²) in [5, 5.41) is 11.4. The number of aliphatic carboxylic acids is 1. The zero-order valence-corrected chi connectivity index (χ0v) is 13.7. The second-order valence-corrected chi connectivity index (χ2v) is 5.83. The Morgan fingerprint density at radius 1 is 1.25 bits per heavy atom. The van der Waals surface area contributed by atoms with E-state index in [1.54, 1.807) is 6.92 Å². The van der Waals surface area contributed by atoms with Crippen molar-refractivity contribution in [1.82, 2.24) is 10.2 Å². The number of amides is 2. The number of nitrogens with zero attached hydrogens (tertiary/aromatic N) is 1. The highest BCUT2D eigenvalue weighted by molar-refractivity contribution is 5.76. The molecular weight excluding hydrogens is 325 g/mol. The van der Waals surface area contributed by atoms with Crippen molar-refractivity contribution in [3.05, 3.63) is 35.4 Å². The third-order valence-electron chi connectivity index (χ3n) is 3.53. The minimum absolute atomic E-state index is 0.00697. The van der Waals surface area contributed by atoms with Crippen LogP contribution < -0.4 is 5.32 Å². The van der Waals surface area contributed by atoms with Crippen LogP contribution in [0.3, 0.4) is 0 Å². The fraction of sp³-hybridized carbons (Fsp3) is 0.500. The number of alkyl halides is 3. The molecule has 0 saturated carbocycles. The minimum Gasteiger partial charge on any atom is -0.481 e. The highest BCUT2D eigenvalue weighted by Gasteiger charge is 2.33. The van der Waals surface area contributed by atoms with Crippen LogP contribution in [-0.2, 0) is 17.4 Å². The van der Waals surface area contributed by atoms with Crippen LogP contribution in [0.5, 0.6) is 0 Å². The highest BCUT2D eigenvalue weighted by atomic mass is 19.4. The molecule has 0 spiro atoms. The topological polar surface area (TPSA) is 69.6 Å². The van der Waals surface area contributed by atoms with Crippen molar-refractivity contribution in [2.45, 2.75) is 32.5 Å². The van der Waals surface area contributed by atoms with Gasteiger partial charge in [-0.3, -0.25) is 4.79 Å². The Hall–Kier alpha value is -2.25. The van der Waals surface area contributed by atoms with Crippen LogP contribution in [0.4, 0.5) is 18.0 Å². The summed E-state index contributed by atoms with van der Waals surface area (Å²) in [6, 6.07) is 4.14. The molecule has 0 aliphatic heterocycles. The Labute approximate surface area is 138 Å². The largest absolute Gasteiger partial charge is 0.481 e. The fourth-order valence-electron chi connectivity index (χ4n) is 2.25. The molecule has 24 heavy (non-hydrogen) atoms. The normalized spacial score (nSPS) is 13.9. The third kappa shape index (κ3) is 5.75. The number of nitrogens with one attached hydrogen (secondary N) is 1. The maximum absolute atomic E-state index is 13.0. The van der Waals surface area contributed by atoms with E-state index < -0.39 is 35.7 Å². The quantitative estimate of drug-likeness (QED) is 0.832. The van der Waals surface area contributed by atoms with Gasteiger partial charge in [-0.1, -0.05) is 25.1 Å². The molecule has 8 heteroatoms. The number of carboxylic acids is 1. The SMILES string of the molecule is CC(Cc1ccccc1C(F)(F)F)NC(=O)N(C)CC(C)C(=O)O. The van der Waals surface area contributed by atoms with Gasteiger partial charge in [0.15, 0.2) is 0 Å². The van der Waals surface area contributed by atoms with Crippen molar-refractivity contribution >= 4 is 12.0 Å². The van der Waals surface area contributed by atoms with Crippen molar-refractivity contribution in [3.8, 4) is 0 Å². The number of carbonyl (C=O) groups is 2. The Bertz CT molecular complexity index is 590. The monoisotopic (exact) mass is 346 g/mol. The van der Waals surface area contributed by atoms with Crippen LogP contribution in [0.25, 0.3) is 0 Å². The van der Waals surface area contributed by atoms with Crippen LogP contribution in [0.1, 0.15) is 25.0 Å². The lowest BCUT2D eigenvalue weighted by Crippen LogP contribution is -2.45. The molecule has 0 aliphatic rings. The molecule has 134 valence electrons. The maximum atomic E-state index is 13.0. The van der Waals surface area contributed by atoms with Gasteiger partial charge in [0.05, 0.1) is 11.5 Å². The van der Waals surface area contributed by atoms with E-state index in [1.807, 2.05) is 0 Å². The lowest BCUT2D eigenvalue weighted by molar-refractivity contribution is -0.141. The summed E-state index contributed by atoms with van der Waals surface area (Å²) in [6.45, 7) is 3.07. The summed E-state index contributed by atoms with van der Waals surface area (Å²) < 4.78 is 38.9. The van der Waals surface area contributed by atoms with Gasteiger partial charge in [0, 0.05) is 19.6 Å². The summed E-state index contributed by atoms with van der Waals surface area (Å²) in [6.07, 6.45) is -4.43. The Kier molecular flexibility index (Phi) is 6.62. The van der Waals surface area contributed by atoms with E-state index in [9.17, 15) is 22.8 Å². The molecule has 2 unspecified atom stereocenters. The molecule has 0 heterocycles. The predicted octanol–water partition coefficient (Wildman–Crippen LogP) is 3.00. The third-order valence-corrected chi connectivity index (χ3v) is 3.53. The molecule has 1 rings (SSSR count). The van der Waals surface area contributed by atoms with Gasteiger partial charge in [0.2, 0.25) is 0 Å². The zero-order valence-electron chi connectivity index (χ0n) is 13.7. The average molecular weight is 346 g/mol. The van der Waals surface area contributed by atoms with E-state index in [4.69, 9.17) is 5.11 Å². The summed E-state index contributed by atoms with van der Waals surface area (Å²) >= 11 is 0. The summed E-state index contributed by atoms with van der Waals surface area (Å²) in [5.74, 6) is -1.76. The first-order valence-corrected chi connectivity index (χ1v) is 7.42. The molecule has 0 fully saturated rings. The van der Waals surface area contributed by atoms with Crippen LogP contribution in [0, 0.1) is 5.92 Å². The second-order valence-electron chi connectivity index (χ2n) is 5.83. The molecule has 1 aromatic carbocycles. The lowest BCUT2D eigenvalue weighted by atomic mass is 10.0. The number of urea groups is 1. The van der Waals surface area contributed by atoms with Crippen LogP contribution in [0.15, 0.2) is 24.3 Å². The Morgan fingerprint density at radius 2 is 1.83 bits per heavy atom. The smallest absolute Gasteiger partial charge is 0.416 e. The Morgan fingerprint density at radius 3 is 2.38 bits per heavy atom. The van der Waals surface area contributed by atoms with Gasteiger partial charge in [-0.25, -0.2) is 4.79 Å².